The van der Waals surface area contributed by atoms with Gasteiger partial charge in [-0.15, -0.1) is 0 Å². The molecule has 3 atom stereocenters. The predicted octanol–water partition coefficient (Wildman–Crippen LogP) is 3.13. The summed E-state index contributed by atoms with van der Waals surface area (Å²) in [6.45, 7) is 3.18. The maximum Gasteiger partial charge on any atom is 0.168 e. The van der Waals surface area contributed by atoms with Gasteiger partial charge >= 0.3 is 0 Å². The number of aliphatic imine (C=N–C) groups is 1. The molecule has 3 aromatic rings. The molecule has 0 saturated carbocycles. The molecule has 2 aromatic heterocycles. The summed E-state index contributed by atoms with van der Waals surface area (Å²) in [4.78, 5) is 12.8. The van der Waals surface area contributed by atoms with Gasteiger partial charge in [0, 0.05) is 17.4 Å². The molecule has 2 bridgehead atoms. The molecule has 5 rings (SSSR count). The van der Waals surface area contributed by atoms with Gasteiger partial charge in [-0.2, -0.15) is 0 Å². The van der Waals surface area contributed by atoms with E-state index in [1.165, 1.54) is 18.3 Å². The number of nitrogens with two attached hydrogens (primary N) is 1. The van der Waals surface area contributed by atoms with E-state index in [4.69, 9.17) is 5.73 Å². The van der Waals surface area contributed by atoms with E-state index in [0.29, 0.717) is 24.1 Å². The first kappa shape index (κ1) is 21.7. The largest absolute Gasteiger partial charge is 0.506 e. The number of hydrogen-bond donors (Lipinski definition) is 2. The molecule has 3 N–H and O–H groups in total. The van der Waals surface area contributed by atoms with Gasteiger partial charge in [-0.1, -0.05) is 12.1 Å². The number of hydrogen-bond acceptors (Lipinski definition) is 7. The summed E-state index contributed by atoms with van der Waals surface area (Å²) in [6.07, 6.45) is 3.11. The molecule has 4 heterocycles. The minimum atomic E-state index is -3.67. The van der Waals surface area contributed by atoms with Crippen LogP contribution in [0.25, 0.3) is 10.9 Å². The van der Waals surface area contributed by atoms with Gasteiger partial charge in [0.1, 0.15) is 27.7 Å². The molecule has 0 radical (unpaired) electrons. The van der Waals surface area contributed by atoms with E-state index < -0.39 is 37.0 Å². The van der Waals surface area contributed by atoms with Crippen molar-refractivity contribution in [1.82, 2.24) is 9.97 Å². The van der Waals surface area contributed by atoms with Crippen molar-refractivity contribution in [3.05, 3.63) is 65.1 Å². The highest BCUT2D eigenvalue weighted by molar-refractivity contribution is 7.94. The fraction of sp³-hybridized carbons (Fsp3) is 0.348. The average molecular weight is 473 g/mol. The first-order valence-corrected chi connectivity index (χ1v) is 12.0. The van der Waals surface area contributed by atoms with Gasteiger partial charge in [0.05, 0.1) is 28.9 Å². The van der Waals surface area contributed by atoms with E-state index in [1.54, 1.807) is 26.0 Å². The van der Waals surface area contributed by atoms with E-state index in [1.807, 2.05) is 0 Å². The Morgan fingerprint density at radius 1 is 1.15 bits per heavy atom. The lowest BCUT2D eigenvalue weighted by molar-refractivity contribution is 0.423. The third kappa shape index (κ3) is 2.96. The summed E-state index contributed by atoms with van der Waals surface area (Å²) in [5.41, 5.74) is 6.21. The second-order valence-electron chi connectivity index (χ2n) is 9.08. The van der Waals surface area contributed by atoms with Gasteiger partial charge in [0.15, 0.2) is 15.7 Å². The molecule has 0 spiro atoms. The highest BCUT2D eigenvalue weighted by atomic mass is 32.2. The van der Waals surface area contributed by atoms with Gasteiger partial charge in [0.25, 0.3) is 0 Å². The summed E-state index contributed by atoms with van der Waals surface area (Å²) >= 11 is 0. The van der Waals surface area contributed by atoms with Crippen molar-refractivity contribution >= 4 is 26.6 Å². The van der Waals surface area contributed by atoms with Gasteiger partial charge < -0.3 is 10.8 Å². The second kappa shape index (κ2) is 6.93. The quantitative estimate of drug-likeness (QED) is 0.605. The van der Waals surface area contributed by atoms with Crippen molar-refractivity contribution in [2.75, 3.05) is 0 Å². The molecular weight excluding hydrogens is 450 g/mol. The van der Waals surface area contributed by atoms with Crippen LogP contribution in [0.4, 0.5) is 8.78 Å². The molecular formula is C23H22F2N4O3S. The number of pyridine rings is 2. The zero-order chi connectivity index (χ0) is 23.8. The third-order valence-electron chi connectivity index (χ3n) is 7.09. The average Bonchev–Trinajstić information content (AvgIpc) is 2.94. The Labute approximate surface area is 189 Å². The van der Waals surface area contributed by atoms with Crippen molar-refractivity contribution in [2.45, 2.75) is 48.6 Å². The Hall–Kier alpha value is -3.14. The van der Waals surface area contributed by atoms with Gasteiger partial charge in [-0.05, 0) is 44.4 Å². The topological polar surface area (TPSA) is 119 Å². The lowest BCUT2D eigenvalue weighted by atomic mass is 9.85. The number of aromatic nitrogens is 2. The number of benzene rings is 1. The monoisotopic (exact) mass is 472 g/mol. The molecule has 1 aromatic carbocycles. The molecule has 10 heteroatoms. The van der Waals surface area contributed by atoms with Crippen molar-refractivity contribution in [2.24, 2.45) is 10.7 Å². The Morgan fingerprint density at radius 2 is 1.91 bits per heavy atom. The van der Waals surface area contributed by atoms with E-state index in [-0.39, 0.29) is 34.5 Å². The Balaban J connectivity index is 1.61. The number of nitrogens with zero attached hydrogens (tertiary/aromatic N) is 3. The Bertz CT molecular complexity index is 1460. The lowest BCUT2D eigenvalue weighted by Gasteiger charge is -2.39. The highest BCUT2D eigenvalue weighted by Crippen LogP contribution is 2.51. The molecule has 7 nitrogen and oxygen atoms in total. The lowest BCUT2D eigenvalue weighted by Crippen LogP contribution is -2.55. The molecule has 2 aliphatic rings. The zero-order valence-corrected chi connectivity index (χ0v) is 18.8. The van der Waals surface area contributed by atoms with Gasteiger partial charge in [0.2, 0.25) is 0 Å². The minimum Gasteiger partial charge on any atom is -0.506 e. The summed E-state index contributed by atoms with van der Waals surface area (Å²) < 4.78 is 54.5. The standard InChI is InChI=1S/C23H22F2N4O3S/c1-22-6-5-19(33(22,31)32)23(2,29-21(22)26)15-7-12(3-4-16(15)24)8-18-20-14(17(25)11-27-18)9-13(30)10-28-20/h3-4,7,9-11,19,30H,5-6,8H2,1-2H3,(H2,26,29)/t19-,22+,23+/m0/s1. The van der Waals surface area contributed by atoms with Crippen LogP contribution in [0, 0.1) is 11.6 Å². The first-order chi connectivity index (χ1) is 15.5. The first-order valence-electron chi connectivity index (χ1n) is 10.5. The molecule has 33 heavy (non-hydrogen) atoms. The van der Waals surface area contributed by atoms with E-state index in [0.717, 1.165) is 6.20 Å². The molecule has 1 saturated heterocycles. The zero-order valence-electron chi connectivity index (χ0n) is 18.0. The van der Waals surface area contributed by atoms with E-state index >= 15 is 4.39 Å². The number of sulfone groups is 1. The van der Waals surface area contributed by atoms with E-state index in [2.05, 4.69) is 15.0 Å². The molecule has 0 amide bonds. The van der Waals surface area contributed by atoms with Crippen LogP contribution in [0.1, 0.15) is 43.5 Å². The predicted molar refractivity (Wildman–Crippen MR) is 120 cm³/mol. The van der Waals surface area contributed by atoms with Crippen LogP contribution in [0.5, 0.6) is 5.75 Å². The molecule has 2 aliphatic heterocycles. The number of fused-ring (bicyclic) bond motifs is 3. The maximum absolute atomic E-state index is 15.1. The molecule has 0 unspecified atom stereocenters. The normalized spacial score (nSPS) is 28.1. The number of amidine groups is 1. The number of rotatable bonds is 3. The highest BCUT2D eigenvalue weighted by Gasteiger charge is 2.63. The maximum atomic E-state index is 15.1. The minimum absolute atomic E-state index is 0.00115. The van der Waals surface area contributed by atoms with Gasteiger partial charge in [-0.25, -0.2) is 17.2 Å². The fourth-order valence-electron chi connectivity index (χ4n) is 5.07. The second-order valence-corrected chi connectivity index (χ2v) is 11.6. The van der Waals surface area contributed by atoms with Crippen LogP contribution in [-0.4, -0.2) is 39.3 Å². The van der Waals surface area contributed by atoms with Crippen LogP contribution in [-0.2, 0) is 21.8 Å². The van der Waals surface area contributed by atoms with Crippen molar-refractivity contribution < 1.29 is 22.3 Å². The summed E-state index contributed by atoms with van der Waals surface area (Å²) in [6, 6.07) is 5.66. The number of aromatic hydroxyl groups is 1. The fourth-order valence-corrected chi connectivity index (χ4v) is 7.65. The van der Waals surface area contributed by atoms with Crippen molar-refractivity contribution in [3.8, 4) is 5.75 Å². The van der Waals surface area contributed by atoms with Crippen LogP contribution in [0.2, 0.25) is 0 Å². The SMILES string of the molecule is C[C@]1(c2cc(Cc3ncc(F)c4cc(O)cnc34)ccc2F)N=C(N)[C@@]2(C)CC[C@@H]1S2(=O)=O. The van der Waals surface area contributed by atoms with E-state index in [9.17, 15) is 17.9 Å². The summed E-state index contributed by atoms with van der Waals surface area (Å²) in [5, 5.41) is 8.88. The molecule has 1 fully saturated rings. The van der Waals surface area contributed by atoms with Crippen molar-refractivity contribution in [3.63, 3.8) is 0 Å². The smallest absolute Gasteiger partial charge is 0.168 e. The Morgan fingerprint density at radius 3 is 2.67 bits per heavy atom. The summed E-state index contributed by atoms with van der Waals surface area (Å²) in [5.74, 6) is -1.37. The van der Waals surface area contributed by atoms with Gasteiger partial charge in [-0.3, -0.25) is 15.0 Å². The summed E-state index contributed by atoms with van der Waals surface area (Å²) in [7, 11) is -3.67. The number of halogens is 2. The van der Waals surface area contributed by atoms with Crippen LogP contribution in [0.15, 0.2) is 41.7 Å². The van der Waals surface area contributed by atoms with Crippen LogP contribution >= 0.6 is 0 Å². The van der Waals surface area contributed by atoms with Crippen LogP contribution in [0.3, 0.4) is 0 Å². The molecule has 172 valence electrons. The van der Waals surface area contributed by atoms with Crippen LogP contribution < -0.4 is 5.73 Å². The molecule has 0 aliphatic carbocycles. The third-order valence-corrected chi connectivity index (χ3v) is 10.2. The Kier molecular flexibility index (Phi) is 4.55. The van der Waals surface area contributed by atoms with Crippen molar-refractivity contribution in [1.29, 1.82) is 0 Å².